The Kier molecular flexibility index (Phi) is 7.26. The summed E-state index contributed by atoms with van der Waals surface area (Å²) in [5.74, 6) is 0.774. The van der Waals surface area contributed by atoms with Gasteiger partial charge in [-0.2, -0.15) is 0 Å². The molecule has 8 nitrogen and oxygen atoms in total. The monoisotopic (exact) mass is 417 g/mol. The largest absolute Gasteiger partial charge is 0.382 e. The van der Waals surface area contributed by atoms with Crippen molar-refractivity contribution < 1.29 is 4.79 Å². The summed E-state index contributed by atoms with van der Waals surface area (Å²) < 4.78 is 0. The molecule has 0 fully saturated rings. The highest BCUT2D eigenvalue weighted by atomic mass is 16.1. The molecule has 0 saturated heterocycles. The fourth-order valence-electron chi connectivity index (χ4n) is 2.92. The van der Waals surface area contributed by atoms with E-state index < -0.39 is 0 Å². The quantitative estimate of drug-likeness (QED) is 0.482. The molecule has 8 heteroatoms. The van der Waals surface area contributed by atoms with E-state index in [9.17, 15) is 4.79 Å². The molecule has 1 unspecified atom stereocenters. The second-order valence-corrected chi connectivity index (χ2v) is 7.20. The first kappa shape index (κ1) is 21.9. The lowest BCUT2D eigenvalue weighted by molar-refractivity contribution is -0.115. The summed E-state index contributed by atoms with van der Waals surface area (Å²) in [5.41, 5.74) is 10.0. The Hall–Kier alpha value is -3.81. The SMILES string of the molecule is CCN=Cc1ncc(NC(C)c2cccc(NC(=O)Cc3ccc(C)cn3)c2)nc1N. The topological polar surface area (TPSA) is 118 Å². The van der Waals surface area contributed by atoms with Crippen LogP contribution in [0.1, 0.15) is 42.4 Å². The van der Waals surface area contributed by atoms with Crippen LogP contribution in [0.4, 0.5) is 17.3 Å². The van der Waals surface area contributed by atoms with Gasteiger partial charge in [-0.15, -0.1) is 0 Å². The summed E-state index contributed by atoms with van der Waals surface area (Å²) in [6.07, 6.45) is 5.23. The van der Waals surface area contributed by atoms with Gasteiger partial charge in [0.25, 0.3) is 0 Å². The highest BCUT2D eigenvalue weighted by Crippen LogP contribution is 2.21. The van der Waals surface area contributed by atoms with Crippen LogP contribution in [-0.2, 0) is 11.2 Å². The van der Waals surface area contributed by atoms with Crippen LogP contribution in [0, 0.1) is 6.92 Å². The third-order valence-electron chi connectivity index (χ3n) is 4.57. The first-order valence-electron chi connectivity index (χ1n) is 10.1. The van der Waals surface area contributed by atoms with Gasteiger partial charge in [-0.05, 0) is 50.1 Å². The standard InChI is InChI=1S/C23H27N7O/c1-4-25-13-20-23(24)30-21(14-27-20)28-16(3)17-6-5-7-19(10-17)29-22(31)11-18-9-8-15(2)12-26-18/h5-10,12-14,16H,4,11H2,1-3H3,(H,29,31)(H3,24,28,30). The van der Waals surface area contributed by atoms with E-state index in [1.165, 1.54) is 0 Å². The number of nitrogens with one attached hydrogen (secondary N) is 2. The molecule has 0 bridgehead atoms. The molecule has 0 spiro atoms. The van der Waals surface area contributed by atoms with Crippen molar-refractivity contribution in [2.75, 3.05) is 22.9 Å². The average molecular weight is 418 g/mol. The van der Waals surface area contributed by atoms with Crippen molar-refractivity contribution in [1.82, 2.24) is 15.0 Å². The number of amides is 1. The molecule has 160 valence electrons. The summed E-state index contributed by atoms with van der Waals surface area (Å²) in [6.45, 7) is 6.56. The minimum absolute atomic E-state index is 0.0699. The van der Waals surface area contributed by atoms with Crippen LogP contribution in [0.5, 0.6) is 0 Å². The van der Waals surface area contributed by atoms with Crippen LogP contribution in [-0.4, -0.2) is 33.6 Å². The van der Waals surface area contributed by atoms with Gasteiger partial charge in [0.15, 0.2) is 5.82 Å². The number of aryl methyl sites for hydroxylation is 1. The van der Waals surface area contributed by atoms with E-state index in [0.717, 1.165) is 22.5 Å². The Bertz CT molecular complexity index is 1060. The molecular formula is C23H27N7O. The molecule has 2 heterocycles. The van der Waals surface area contributed by atoms with Crippen LogP contribution < -0.4 is 16.4 Å². The number of pyridine rings is 1. The highest BCUT2D eigenvalue weighted by molar-refractivity contribution is 5.92. The van der Waals surface area contributed by atoms with Crippen molar-refractivity contribution in [3.05, 3.63) is 71.3 Å². The number of hydrogen-bond donors (Lipinski definition) is 3. The number of carbonyl (C=O) groups is 1. The number of carbonyl (C=O) groups excluding carboxylic acids is 1. The maximum absolute atomic E-state index is 12.4. The molecule has 0 aliphatic carbocycles. The molecule has 31 heavy (non-hydrogen) atoms. The predicted octanol–water partition coefficient (Wildman–Crippen LogP) is 3.56. The Balaban J connectivity index is 1.63. The summed E-state index contributed by atoms with van der Waals surface area (Å²) in [4.78, 5) is 29.4. The molecule has 1 atom stereocenters. The fourth-order valence-corrected chi connectivity index (χ4v) is 2.92. The molecule has 0 saturated carbocycles. The van der Waals surface area contributed by atoms with Gasteiger partial charge in [0, 0.05) is 24.1 Å². The predicted molar refractivity (Wildman–Crippen MR) is 124 cm³/mol. The van der Waals surface area contributed by atoms with E-state index in [4.69, 9.17) is 5.73 Å². The maximum atomic E-state index is 12.4. The lowest BCUT2D eigenvalue weighted by Crippen LogP contribution is -2.16. The minimum atomic E-state index is -0.114. The normalized spacial score (nSPS) is 12.0. The zero-order valence-electron chi connectivity index (χ0n) is 18.0. The summed E-state index contributed by atoms with van der Waals surface area (Å²) in [6, 6.07) is 11.4. The van der Waals surface area contributed by atoms with Gasteiger partial charge >= 0.3 is 0 Å². The smallest absolute Gasteiger partial charge is 0.230 e. The molecular weight excluding hydrogens is 390 g/mol. The Morgan fingerprint density at radius 3 is 2.77 bits per heavy atom. The van der Waals surface area contributed by atoms with Gasteiger partial charge < -0.3 is 16.4 Å². The molecule has 3 aromatic rings. The number of nitrogen functional groups attached to an aromatic ring is 1. The molecule has 0 aliphatic heterocycles. The molecule has 3 rings (SSSR count). The van der Waals surface area contributed by atoms with E-state index in [2.05, 4.69) is 30.6 Å². The van der Waals surface area contributed by atoms with Crippen LogP contribution in [0.3, 0.4) is 0 Å². The lowest BCUT2D eigenvalue weighted by Gasteiger charge is -2.16. The first-order valence-corrected chi connectivity index (χ1v) is 10.1. The van der Waals surface area contributed by atoms with E-state index in [1.807, 2.05) is 57.2 Å². The van der Waals surface area contributed by atoms with Crippen molar-refractivity contribution in [3.8, 4) is 0 Å². The third-order valence-corrected chi connectivity index (χ3v) is 4.57. The highest BCUT2D eigenvalue weighted by Gasteiger charge is 2.11. The van der Waals surface area contributed by atoms with Crippen molar-refractivity contribution in [2.24, 2.45) is 4.99 Å². The first-order chi connectivity index (χ1) is 14.9. The minimum Gasteiger partial charge on any atom is -0.382 e. The van der Waals surface area contributed by atoms with Crippen LogP contribution in [0.15, 0.2) is 53.8 Å². The Labute approximate surface area is 182 Å². The van der Waals surface area contributed by atoms with Crippen molar-refractivity contribution in [3.63, 3.8) is 0 Å². The number of benzene rings is 1. The zero-order chi connectivity index (χ0) is 22.2. The maximum Gasteiger partial charge on any atom is 0.230 e. The average Bonchev–Trinajstić information content (AvgIpc) is 2.75. The van der Waals surface area contributed by atoms with Gasteiger partial charge in [0.05, 0.1) is 24.9 Å². The molecule has 0 aliphatic rings. The fraction of sp³-hybridized carbons (Fsp3) is 0.261. The van der Waals surface area contributed by atoms with Crippen molar-refractivity contribution in [1.29, 1.82) is 0 Å². The van der Waals surface area contributed by atoms with Gasteiger partial charge in [0.2, 0.25) is 5.91 Å². The van der Waals surface area contributed by atoms with E-state index >= 15 is 0 Å². The van der Waals surface area contributed by atoms with E-state index in [1.54, 1.807) is 18.6 Å². The number of nitrogens with zero attached hydrogens (tertiary/aromatic N) is 4. The second kappa shape index (κ2) is 10.3. The molecule has 1 aromatic carbocycles. The van der Waals surface area contributed by atoms with Crippen LogP contribution >= 0.6 is 0 Å². The number of aliphatic imine (C=N–C) groups is 1. The molecule has 2 aromatic heterocycles. The zero-order valence-corrected chi connectivity index (χ0v) is 18.0. The number of nitrogens with two attached hydrogens (primary N) is 1. The van der Waals surface area contributed by atoms with Gasteiger partial charge in [-0.25, -0.2) is 9.97 Å². The Morgan fingerprint density at radius 2 is 2.06 bits per heavy atom. The van der Waals surface area contributed by atoms with Crippen LogP contribution in [0.2, 0.25) is 0 Å². The van der Waals surface area contributed by atoms with Gasteiger partial charge in [0.1, 0.15) is 11.5 Å². The second-order valence-electron chi connectivity index (χ2n) is 7.20. The van der Waals surface area contributed by atoms with E-state index in [-0.39, 0.29) is 18.4 Å². The lowest BCUT2D eigenvalue weighted by atomic mass is 10.1. The van der Waals surface area contributed by atoms with Crippen molar-refractivity contribution >= 4 is 29.4 Å². The third kappa shape index (κ3) is 6.33. The summed E-state index contributed by atoms with van der Waals surface area (Å²) in [7, 11) is 0. The van der Waals surface area contributed by atoms with Crippen LogP contribution in [0.25, 0.3) is 0 Å². The summed E-state index contributed by atoms with van der Waals surface area (Å²) in [5, 5.41) is 6.22. The molecule has 1 amide bonds. The van der Waals surface area contributed by atoms with Crippen molar-refractivity contribution in [2.45, 2.75) is 33.2 Å². The number of anilines is 3. The van der Waals surface area contributed by atoms with Gasteiger partial charge in [-0.1, -0.05) is 18.2 Å². The number of rotatable bonds is 8. The number of aromatic nitrogens is 3. The Morgan fingerprint density at radius 1 is 1.23 bits per heavy atom. The van der Waals surface area contributed by atoms with Gasteiger partial charge in [-0.3, -0.25) is 14.8 Å². The molecule has 0 radical (unpaired) electrons. The van der Waals surface area contributed by atoms with E-state index in [0.29, 0.717) is 23.9 Å². The molecule has 4 N–H and O–H groups in total. The summed E-state index contributed by atoms with van der Waals surface area (Å²) >= 11 is 0. The number of hydrogen-bond acceptors (Lipinski definition) is 7.